The Bertz CT molecular complexity index is 1010. The monoisotopic (exact) mass is 414 g/mol. The van der Waals surface area contributed by atoms with Crippen LogP contribution in [0.1, 0.15) is 11.3 Å². The normalized spacial score (nSPS) is 15.7. The van der Waals surface area contributed by atoms with Crippen molar-refractivity contribution in [3.63, 3.8) is 0 Å². The van der Waals surface area contributed by atoms with Gasteiger partial charge in [-0.25, -0.2) is 8.42 Å². The molecule has 1 aliphatic rings. The van der Waals surface area contributed by atoms with E-state index in [0.29, 0.717) is 18.8 Å². The van der Waals surface area contributed by atoms with Crippen LogP contribution in [0.25, 0.3) is 0 Å². The molecule has 8 nitrogen and oxygen atoms in total. The highest BCUT2D eigenvalue weighted by atomic mass is 32.2. The van der Waals surface area contributed by atoms with Gasteiger partial charge in [0.1, 0.15) is 17.4 Å². The Morgan fingerprint density at radius 1 is 1.21 bits per heavy atom. The van der Waals surface area contributed by atoms with Crippen molar-refractivity contribution in [1.82, 2.24) is 14.5 Å². The van der Waals surface area contributed by atoms with Crippen LogP contribution in [0, 0.1) is 18.3 Å². The summed E-state index contributed by atoms with van der Waals surface area (Å²) in [6.07, 6.45) is 2.99. The summed E-state index contributed by atoms with van der Waals surface area (Å²) in [4.78, 5) is 14.3. The minimum Gasteiger partial charge on any atom is -0.467 e. The standard InChI is InChI=1S/C20H22N4O4S/c1-16-4-6-19(7-5-16)29(26,27)24-10-8-23(9-11-24)15-17(13-21)20(25)22-14-18-3-2-12-28-18/h2-7,12,15H,8-11,14H2,1H3,(H,22,25)/b17-15-. The highest BCUT2D eigenvalue weighted by Crippen LogP contribution is 2.18. The van der Waals surface area contributed by atoms with Crippen molar-refractivity contribution in [2.45, 2.75) is 18.4 Å². The van der Waals surface area contributed by atoms with Crippen molar-refractivity contribution >= 4 is 15.9 Å². The van der Waals surface area contributed by atoms with Crippen molar-refractivity contribution in [2.24, 2.45) is 0 Å². The number of nitrogens with zero attached hydrogens (tertiary/aromatic N) is 3. The van der Waals surface area contributed by atoms with Gasteiger partial charge in [0.15, 0.2) is 0 Å². The molecule has 1 amide bonds. The molecule has 0 spiro atoms. The molecule has 1 aliphatic heterocycles. The number of benzene rings is 1. The maximum Gasteiger partial charge on any atom is 0.263 e. The maximum atomic E-state index is 12.8. The Morgan fingerprint density at radius 3 is 2.48 bits per heavy atom. The van der Waals surface area contributed by atoms with E-state index < -0.39 is 15.9 Å². The molecular weight excluding hydrogens is 392 g/mol. The van der Waals surface area contributed by atoms with Gasteiger partial charge in [-0.05, 0) is 31.2 Å². The number of sulfonamides is 1. The number of carbonyl (C=O) groups excluding carboxylic acids is 1. The van der Waals surface area contributed by atoms with Crippen LogP contribution in [0.3, 0.4) is 0 Å². The van der Waals surface area contributed by atoms with Crippen LogP contribution in [0.5, 0.6) is 0 Å². The number of rotatable bonds is 6. The SMILES string of the molecule is Cc1ccc(S(=O)(=O)N2CCN(/C=C(/C#N)C(=O)NCc3ccco3)CC2)cc1. The predicted molar refractivity (Wildman–Crippen MR) is 106 cm³/mol. The van der Waals surface area contributed by atoms with Crippen molar-refractivity contribution in [1.29, 1.82) is 5.26 Å². The molecule has 1 aromatic heterocycles. The molecule has 9 heteroatoms. The van der Waals surface area contributed by atoms with Gasteiger partial charge in [0.05, 0.1) is 17.7 Å². The number of furan rings is 1. The number of piperazine rings is 1. The second-order valence-corrected chi connectivity index (χ2v) is 8.61. The topological polar surface area (TPSA) is 107 Å². The largest absolute Gasteiger partial charge is 0.467 e. The van der Waals surface area contributed by atoms with E-state index in [1.54, 1.807) is 41.3 Å². The summed E-state index contributed by atoms with van der Waals surface area (Å²) in [7, 11) is -3.56. The summed E-state index contributed by atoms with van der Waals surface area (Å²) < 4.78 is 32.1. The summed E-state index contributed by atoms with van der Waals surface area (Å²) >= 11 is 0. The quantitative estimate of drug-likeness (QED) is 0.569. The zero-order valence-corrected chi connectivity index (χ0v) is 16.9. The van der Waals surface area contributed by atoms with Gasteiger partial charge in [-0.2, -0.15) is 9.57 Å². The van der Waals surface area contributed by atoms with Gasteiger partial charge >= 0.3 is 0 Å². The number of aryl methyl sites for hydroxylation is 1. The molecule has 2 aromatic rings. The van der Waals surface area contributed by atoms with Crippen molar-refractivity contribution in [3.05, 3.63) is 65.8 Å². The first-order valence-corrected chi connectivity index (χ1v) is 10.6. The molecule has 1 fully saturated rings. The Balaban J connectivity index is 1.59. The third kappa shape index (κ3) is 5.04. The Morgan fingerprint density at radius 2 is 1.90 bits per heavy atom. The molecule has 1 saturated heterocycles. The molecule has 29 heavy (non-hydrogen) atoms. The first-order chi connectivity index (χ1) is 13.9. The van der Waals surface area contributed by atoms with Crippen molar-refractivity contribution in [2.75, 3.05) is 26.2 Å². The van der Waals surface area contributed by atoms with Gasteiger partial charge in [0, 0.05) is 32.4 Å². The summed E-state index contributed by atoms with van der Waals surface area (Å²) in [6, 6.07) is 12.1. The summed E-state index contributed by atoms with van der Waals surface area (Å²) in [5.74, 6) is 0.0872. The number of nitriles is 1. The predicted octanol–water partition coefficient (Wildman–Crippen LogP) is 1.62. The van der Waals surface area contributed by atoms with Crippen LogP contribution in [-0.2, 0) is 21.4 Å². The van der Waals surface area contributed by atoms with Gasteiger partial charge in [0.2, 0.25) is 10.0 Å². The Kier molecular flexibility index (Phi) is 6.36. The molecule has 3 rings (SSSR count). The van der Waals surface area contributed by atoms with E-state index in [1.165, 1.54) is 16.8 Å². The van der Waals surface area contributed by atoms with E-state index in [2.05, 4.69) is 5.32 Å². The molecule has 152 valence electrons. The molecule has 0 atom stereocenters. The average Bonchev–Trinajstić information content (AvgIpc) is 3.24. The minimum absolute atomic E-state index is 0.0357. The number of nitrogens with one attached hydrogen (secondary N) is 1. The second kappa shape index (κ2) is 8.94. The average molecular weight is 414 g/mol. The maximum absolute atomic E-state index is 12.8. The van der Waals surface area contributed by atoms with Crippen molar-refractivity contribution in [3.8, 4) is 6.07 Å². The van der Waals surface area contributed by atoms with E-state index in [4.69, 9.17) is 4.42 Å². The third-order valence-corrected chi connectivity index (χ3v) is 6.52. The van der Waals surface area contributed by atoms with Crippen molar-refractivity contribution < 1.29 is 17.6 Å². The molecular formula is C20H22N4O4S. The van der Waals surface area contributed by atoms with Crippen LogP contribution < -0.4 is 5.32 Å². The van der Waals surface area contributed by atoms with Gasteiger partial charge in [-0.1, -0.05) is 17.7 Å². The number of carbonyl (C=O) groups is 1. The lowest BCUT2D eigenvalue weighted by Gasteiger charge is -2.33. The first-order valence-electron chi connectivity index (χ1n) is 9.13. The third-order valence-electron chi connectivity index (χ3n) is 4.61. The molecule has 2 heterocycles. The molecule has 1 aromatic carbocycles. The molecule has 0 unspecified atom stereocenters. The van der Waals surface area contributed by atoms with E-state index in [9.17, 15) is 18.5 Å². The fourth-order valence-electron chi connectivity index (χ4n) is 2.93. The van der Waals surface area contributed by atoms with Gasteiger partial charge in [-0.3, -0.25) is 4.79 Å². The summed E-state index contributed by atoms with van der Waals surface area (Å²) in [5.41, 5.74) is 0.958. The van der Waals surface area contributed by atoms with E-state index >= 15 is 0 Å². The first kappa shape index (κ1) is 20.6. The molecule has 0 bridgehead atoms. The van der Waals surface area contributed by atoms with E-state index in [1.807, 2.05) is 13.0 Å². The number of hydrogen-bond donors (Lipinski definition) is 1. The van der Waals surface area contributed by atoms with Gasteiger partial charge < -0.3 is 14.6 Å². The lowest BCUT2D eigenvalue weighted by molar-refractivity contribution is -0.117. The van der Waals surface area contributed by atoms with Crippen LogP contribution in [0.4, 0.5) is 0 Å². The summed E-state index contributed by atoms with van der Waals surface area (Å²) in [5, 5.41) is 11.9. The fourth-order valence-corrected chi connectivity index (χ4v) is 4.35. The van der Waals surface area contributed by atoms with Crippen LogP contribution in [0.2, 0.25) is 0 Å². The Hall–Kier alpha value is -3.09. The lowest BCUT2D eigenvalue weighted by atomic mass is 10.2. The highest BCUT2D eigenvalue weighted by molar-refractivity contribution is 7.89. The zero-order chi connectivity index (χ0) is 20.9. The second-order valence-electron chi connectivity index (χ2n) is 6.67. The van der Waals surface area contributed by atoms with E-state index in [-0.39, 0.29) is 30.1 Å². The molecule has 0 radical (unpaired) electrons. The molecule has 0 aliphatic carbocycles. The Labute approximate surface area is 170 Å². The van der Waals surface area contributed by atoms with Gasteiger partial charge in [0.25, 0.3) is 5.91 Å². The molecule has 1 N–H and O–H groups in total. The molecule has 0 saturated carbocycles. The van der Waals surface area contributed by atoms with E-state index in [0.717, 1.165) is 5.56 Å². The fraction of sp³-hybridized carbons (Fsp3) is 0.300. The van der Waals surface area contributed by atoms with Crippen LogP contribution in [-0.4, -0.2) is 49.7 Å². The highest BCUT2D eigenvalue weighted by Gasteiger charge is 2.28. The van der Waals surface area contributed by atoms with Crippen LogP contribution >= 0.6 is 0 Å². The minimum atomic E-state index is -3.56. The zero-order valence-electron chi connectivity index (χ0n) is 16.0. The lowest BCUT2D eigenvalue weighted by Crippen LogP contribution is -2.47. The van der Waals surface area contributed by atoms with Gasteiger partial charge in [-0.15, -0.1) is 0 Å². The smallest absolute Gasteiger partial charge is 0.263 e. The number of amides is 1. The van der Waals surface area contributed by atoms with Crippen LogP contribution in [0.15, 0.2) is 63.7 Å². The summed E-state index contributed by atoms with van der Waals surface area (Å²) in [6.45, 7) is 3.43. The number of hydrogen-bond acceptors (Lipinski definition) is 6.